The van der Waals surface area contributed by atoms with Crippen molar-refractivity contribution in [3.63, 3.8) is 0 Å². The standard InChI is InChI=1S/C17H30N4O7S/c1-4-9(2)14(21-15(25)10(18)7-13(23)24)16(26)19-8-12(22)20-11(17(27)28)5-6-29-3/h9-11,14H,4-8,18H2,1-3H3,(H,19,26)(H,20,22)(H,21,25)(H,23,24)(H,27,28). The van der Waals surface area contributed by atoms with Crippen molar-refractivity contribution in [3.05, 3.63) is 0 Å². The Balaban J connectivity index is 4.85. The van der Waals surface area contributed by atoms with E-state index in [0.717, 1.165) is 0 Å². The van der Waals surface area contributed by atoms with Crippen LogP contribution >= 0.6 is 11.8 Å². The summed E-state index contributed by atoms with van der Waals surface area (Å²) in [5.41, 5.74) is 5.51. The highest BCUT2D eigenvalue weighted by Gasteiger charge is 2.29. The molecular weight excluding hydrogens is 404 g/mol. The molecule has 29 heavy (non-hydrogen) atoms. The van der Waals surface area contributed by atoms with Gasteiger partial charge in [-0.25, -0.2) is 4.79 Å². The van der Waals surface area contributed by atoms with Gasteiger partial charge in [-0.2, -0.15) is 11.8 Å². The Labute approximate surface area is 173 Å². The molecule has 0 aliphatic heterocycles. The number of nitrogens with one attached hydrogen (secondary N) is 3. The van der Waals surface area contributed by atoms with E-state index >= 15 is 0 Å². The average Bonchev–Trinajstić information content (AvgIpc) is 2.65. The third kappa shape index (κ3) is 10.7. The number of carbonyl (C=O) groups excluding carboxylic acids is 3. The molecule has 4 atom stereocenters. The summed E-state index contributed by atoms with van der Waals surface area (Å²) in [6, 6.07) is -3.40. The second-order valence-electron chi connectivity index (χ2n) is 6.53. The van der Waals surface area contributed by atoms with Crippen LogP contribution in [0.5, 0.6) is 0 Å². The number of carboxylic acid groups (broad SMARTS) is 2. The van der Waals surface area contributed by atoms with Crippen molar-refractivity contribution >= 4 is 41.4 Å². The van der Waals surface area contributed by atoms with Gasteiger partial charge < -0.3 is 31.9 Å². The molecular formula is C17H30N4O7S. The van der Waals surface area contributed by atoms with Gasteiger partial charge in [-0.05, 0) is 24.3 Å². The van der Waals surface area contributed by atoms with Crippen LogP contribution in [0.4, 0.5) is 0 Å². The van der Waals surface area contributed by atoms with Crippen LogP contribution in [0.25, 0.3) is 0 Å². The SMILES string of the molecule is CCC(C)C(NC(=O)C(N)CC(=O)O)C(=O)NCC(=O)NC(CCSC)C(=O)O. The number of aliphatic carboxylic acids is 2. The molecule has 0 aliphatic rings. The Morgan fingerprint density at radius 3 is 2.17 bits per heavy atom. The van der Waals surface area contributed by atoms with Crippen LogP contribution in [0.3, 0.4) is 0 Å². The number of amides is 3. The molecule has 0 aromatic rings. The molecule has 3 amide bonds. The minimum Gasteiger partial charge on any atom is -0.481 e. The van der Waals surface area contributed by atoms with E-state index in [1.807, 2.05) is 6.26 Å². The third-order valence-electron chi connectivity index (χ3n) is 4.19. The lowest BCUT2D eigenvalue weighted by Crippen LogP contribution is -2.55. The Kier molecular flexibility index (Phi) is 12.7. The summed E-state index contributed by atoms with van der Waals surface area (Å²) in [7, 11) is 0. The lowest BCUT2D eigenvalue weighted by atomic mass is 9.97. The fourth-order valence-electron chi connectivity index (χ4n) is 2.26. The molecule has 0 bridgehead atoms. The molecule has 11 nitrogen and oxygen atoms in total. The predicted octanol–water partition coefficient (Wildman–Crippen LogP) is -1.24. The smallest absolute Gasteiger partial charge is 0.326 e. The normalized spacial score (nSPS) is 14.8. The second-order valence-corrected chi connectivity index (χ2v) is 7.52. The molecule has 166 valence electrons. The van der Waals surface area contributed by atoms with Gasteiger partial charge in [-0.15, -0.1) is 0 Å². The highest BCUT2D eigenvalue weighted by atomic mass is 32.2. The quantitative estimate of drug-likeness (QED) is 0.194. The summed E-state index contributed by atoms with van der Waals surface area (Å²) in [6.07, 6.45) is 1.99. The van der Waals surface area contributed by atoms with Crippen molar-refractivity contribution in [1.29, 1.82) is 0 Å². The fraction of sp³-hybridized carbons (Fsp3) is 0.706. The number of hydrogen-bond donors (Lipinski definition) is 6. The first-order valence-electron chi connectivity index (χ1n) is 9.09. The van der Waals surface area contributed by atoms with Gasteiger partial charge in [0.15, 0.2) is 0 Å². The second kappa shape index (κ2) is 13.8. The number of carboxylic acids is 2. The molecule has 0 heterocycles. The zero-order chi connectivity index (χ0) is 22.6. The lowest BCUT2D eigenvalue weighted by Gasteiger charge is -2.25. The van der Waals surface area contributed by atoms with Gasteiger partial charge in [-0.1, -0.05) is 20.3 Å². The Hall–Kier alpha value is -2.34. The van der Waals surface area contributed by atoms with E-state index in [4.69, 9.17) is 15.9 Å². The van der Waals surface area contributed by atoms with E-state index in [2.05, 4.69) is 16.0 Å². The van der Waals surface area contributed by atoms with Crippen molar-refractivity contribution < 1.29 is 34.2 Å². The van der Waals surface area contributed by atoms with Crippen molar-refractivity contribution in [3.8, 4) is 0 Å². The monoisotopic (exact) mass is 434 g/mol. The van der Waals surface area contributed by atoms with Crippen LogP contribution in [0.15, 0.2) is 0 Å². The van der Waals surface area contributed by atoms with Gasteiger partial charge in [0.2, 0.25) is 17.7 Å². The van der Waals surface area contributed by atoms with E-state index in [0.29, 0.717) is 12.2 Å². The maximum absolute atomic E-state index is 12.4. The Morgan fingerprint density at radius 2 is 1.69 bits per heavy atom. The van der Waals surface area contributed by atoms with Gasteiger partial charge in [0.1, 0.15) is 12.1 Å². The maximum Gasteiger partial charge on any atom is 0.326 e. The van der Waals surface area contributed by atoms with E-state index in [9.17, 15) is 24.0 Å². The van der Waals surface area contributed by atoms with E-state index in [1.54, 1.807) is 13.8 Å². The number of nitrogens with two attached hydrogens (primary N) is 1. The van der Waals surface area contributed by atoms with Crippen LogP contribution in [-0.4, -0.2) is 76.6 Å². The highest BCUT2D eigenvalue weighted by molar-refractivity contribution is 7.98. The van der Waals surface area contributed by atoms with E-state index in [1.165, 1.54) is 11.8 Å². The predicted molar refractivity (Wildman–Crippen MR) is 107 cm³/mol. The summed E-state index contributed by atoms with van der Waals surface area (Å²) >= 11 is 1.44. The van der Waals surface area contributed by atoms with Gasteiger partial charge in [0.25, 0.3) is 0 Å². The van der Waals surface area contributed by atoms with Gasteiger partial charge in [-0.3, -0.25) is 19.2 Å². The summed E-state index contributed by atoms with van der Waals surface area (Å²) in [5, 5.41) is 24.9. The molecule has 0 radical (unpaired) electrons. The minimum atomic E-state index is -1.32. The number of thioether (sulfide) groups is 1. The van der Waals surface area contributed by atoms with Gasteiger partial charge in [0.05, 0.1) is 19.0 Å². The van der Waals surface area contributed by atoms with E-state index in [-0.39, 0.29) is 12.3 Å². The highest BCUT2D eigenvalue weighted by Crippen LogP contribution is 2.08. The summed E-state index contributed by atoms with van der Waals surface area (Å²) in [5.74, 6) is -4.31. The first kappa shape index (κ1) is 26.7. The van der Waals surface area contributed by atoms with Crippen LogP contribution in [0.1, 0.15) is 33.1 Å². The number of carbonyl (C=O) groups is 5. The molecule has 0 saturated heterocycles. The van der Waals surface area contributed by atoms with Crippen LogP contribution in [0, 0.1) is 5.92 Å². The molecule has 0 saturated carbocycles. The molecule has 12 heteroatoms. The first-order chi connectivity index (χ1) is 13.5. The first-order valence-corrected chi connectivity index (χ1v) is 10.5. The van der Waals surface area contributed by atoms with Crippen molar-refractivity contribution in [2.45, 2.75) is 51.2 Å². The van der Waals surface area contributed by atoms with E-state index < -0.39 is 60.8 Å². The fourth-order valence-corrected chi connectivity index (χ4v) is 2.73. The van der Waals surface area contributed by atoms with Gasteiger partial charge >= 0.3 is 11.9 Å². The maximum atomic E-state index is 12.4. The molecule has 4 unspecified atom stereocenters. The molecule has 0 aliphatic carbocycles. The largest absolute Gasteiger partial charge is 0.481 e. The Morgan fingerprint density at radius 1 is 1.07 bits per heavy atom. The zero-order valence-electron chi connectivity index (χ0n) is 16.8. The summed E-state index contributed by atoms with van der Waals surface area (Å²) in [6.45, 7) is 3.03. The lowest BCUT2D eigenvalue weighted by molar-refractivity contribution is -0.141. The van der Waals surface area contributed by atoms with Crippen LogP contribution in [-0.2, 0) is 24.0 Å². The average molecular weight is 435 g/mol. The van der Waals surface area contributed by atoms with Crippen LogP contribution in [0.2, 0.25) is 0 Å². The molecule has 0 aromatic carbocycles. The number of hydrogen-bond acceptors (Lipinski definition) is 7. The topological polar surface area (TPSA) is 188 Å². The molecule has 0 fully saturated rings. The Bertz CT molecular complexity index is 602. The van der Waals surface area contributed by atoms with Crippen molar-refractivity contribution in [2.75, 3.05) is 18.6 Å². The third-order valence-corrected chi connectivity index (χ3v) is 4.84. The van der Waals surface area contributed by atoms with Crippen LogP contribution < -0.4 is 21.7 Å². The van der Waals surface area contributed by atoms with Crippen molar-refractivity contribution in [1.82, 2.24) is 16.0 Å². The summed E-state index contributed by atoms with van der Waals surface area (Å²) < 4.78 is 0. The number of rotatable bonds is 14. The molecule has 0 rings (SSSR count). The zero-order valence-corrected chi connectivity index (χ0v) is 17.6. The van der Waals surface area contributed by atoms with Gasteiger partial charge in [0, 0.05) is 0 Å². The molecule has 0 aromatic heterocycles. The molecule has 0 spiro atoms. The minimum absolute atomic E-state index is 0.239. The summed E-state index contributed by atoms with van der Waals surface area (Å²) in [4.78, 5) is 58.3. The van der Waals surface area contributed by atoms with Crippen molar-refractivity contribution in [2.24, 2.45) is 11.7 Å². The molecule has 7 N–H and O–H groups in total.